The van der Waals surface area contributed by atoms with E-state index in [0.717, 1.165) is 11.3 Å². The summed E-state index contributed by atoms with van der Waals surface area (Å²) in [6, 6.07) is 7.65. The number of carbonyl (C=O) groups excluding carboxylic acids is 1. The maximum absolute atomic E-state index is 12.7. The second-order valence-electron chi connectivity index (χ2n) is 6.76. The lowest BCUT2D eigenvalue weighted by Crippen LogP contribution is -2.41. The van der Waals surface area contributed by atoms with E-state index >= 15 is 0 Å². The van der Waals surface area contributed by atoms with E-state index in [2.05, 4.69) is 25.8 Å². The fourth-order valence-electron chi connectivity index (χ4n) is 2.57. The van der Waals surface area contributed by atoms with Crippen LogP contribution in [0.4, 0.5) is 0 Å². The standard InChI is InChI=1S/C18H22N6O3/c1-11-15(16(25)20-18(3,4)17-19-12(2)22-27-17)21-23-24(11)10-13-6-8-14(26-5)9-7-13/h6-9H,10H2,1-5H3,(H,20,25). The molecule has 0 aliphatic heterocycles. The van der Waals surface area contributed by atoms with E-state index in [1.165, 1.54) is 0 Å². The van der Waals surface area contributed by atoms with Crippen molar-refractivity contribution < 1.29 is 14.1 Å². The molecule has 1 aromatic carbocycles. The van der Waals surface area contributed by atoms with Crippen LogP contribution < -0.4 is 10.1 Å². The van der Waals surface area contributed by atoms with E-state index in [1.54, 1.807) is 32.6 Å². The highest BCUT2D eigenvalue weighted by atomic mass is 16.5. The van der Waals surface area contributed by atoms with Gasteiger partial charge in [0.1, 0.15) is 11.3 Å². The van der Waals surface area contributed by atoms with E-state index in [-0.39, 0.29) is 11.6 Å². The number of rotatable bonds is 6. The lowest BCUT2D eigenvalue weighted by Gasteiger charge is -2.21. The van der Waals surface area contributed by atoms with Gasteiger partial charge in [-0.25, -0.2) is 4.68 Å². The van der Waals surface area contributed by atoms with E-state index in [1.807, 2.05) is 31.2 Å². The third kappa shape index (κ3) is 3.97. The Balaban J connectivity index is 1.74. The van der Waals surface area contributed by atoms with Gasteiger partial charge in [0.05, 0.1) is 19.3 Å². The van der Waals surface area contributed by atoms with Crippen LogP contribution in [0, 0.1) is 13.8 Å². The Labute approximate surface area is 156 Å². The van der Waals surface area contributed by atoms with Crippen molar-refractivity contribution in [2.24, 2.45) is 0 Å². The van der Waals surface area contributed by atoms with Gasteiger partial charge in [0.15, 0.2) is 11.5 Å². The number of amides is 1. The minimum absolute atomic E-state index is 0.257. The summed E-state index contributed by atoms with van der Waals surface area (Å²) >= 11 is 0. The zero-order chi connectivity index (χ0) is 19.6. The Hall–Kier alpha value is -3.23. The first kappa shape index (κ1) is 18.6. The quantitative estimate of drug-likeness (QED) is 0.707. The highest BCUT2D eigenvalue weighted by Crippen LogP contribution is 2.19. The number of hydrogen-bond donors (Lipinski definition) is 1. The summed E-state index contributed by atoms with van der Waals surface area (Å²) in [7, 11) is 1.62. The zero-order valence-corrected chi connectivity index (χ0v) is 16.0. The largest absolute Gasteiger partial charge is 0.497 e. The summed E-state index contributed by atoms with van der Waals surface area (Å²) in [4.78, 5) is 16.9. The maximum Gasteiger partial charge on any atom is 0.274 e. The first-order valence-corrected chi connectivity index (χ1v) is 8.46. The molecule has 1 amide bonds. The predicted molar refractivity (Wildman–Crippen MR) is 96.4 cm³/mol. The molecule has 0 saturated carbocycles. The molecule has 0 atom stereocenters. The molecule has 142 valence electrons. The van der Waals surface area contributed by atoms with Crippen molar-refractivity contribution in [2.75, 3.05) is 7.11 Å². The van der Waals surface area contributed by atoms with Gasteiger partial charge in [0.25, 0.3) is 11.8 Å². The number of nitrogens with one attached hydrogen (secondary N) is 1. The van der Waals surface area contributed by atoms with Crippen LogP contribution in [0.1, 0.15) is 47.3 Å². The highest BCUT2D eigenvalue weighted by molar-refractivity contribution is 5.93. The molecule has 0 bridgehead atoms. The lowest BCUT2D eigenvalue weighted by molar-refractivity contribution is 0.0889. The number of nitrogens with zero attached hydrogens (tertiary/aromatic N) is 5. The minimum atomic E-state index is -0.829. The van der Waals surface area contributed by atoms with Gasteiger partial charge in [-0.3, -0.25) is 4.79 Å². The molecule has 27 heavy (non-hydrogen) atoms. The van der Waals surface area contributed by atoms with Crippen LogP contribution in [0.25, 0.3) is 0 Å². The van der Waals surface area contributed by atoms with Crippen LogP contribution in [-0.4, -0.2) is 38.2 Å². The van der Waals surface area contributed by atoms with Crippen molar-refractivity contribution in [1.82, 2.24) is 30.5 Å². The molecular formula is C18H22N6O3. The summed E-state index contributed by atoms with van der Waals surface area (Å²) in [5.41, 5.74) is 1.12. The molecule has 0 fully saturated rings. The van der Waals surface area contributed by atoms with Crippen LogP contribution in [0.3, 0.4) is 0 Å². The average Bonchev–Trinajstić information content (AvgIpc) is 3.22. The average molecular weight is 370 g/mol. The van der Waals surface area contributed by atoms with Crippen LogP contribution in [0.5, 0.6) is 5.75 Å². The highest BCUT2D eigenvalue weighted by Gasteiger charge is 2.31. The SMILES string of the molecule is COc1ccc(Cn2nnc(C(=O)NC(C)(C)c3nc(C)no3)c2C)cc1. The van der Waals surface area contributed by atoms with Crippen molar-refractivity contribution in [3.8, 4) is 5.75 Å². The fourth-order valence-corrected chi connectivity index (χ4v) is 2.57. The van der Waals surface area contributed by atoms with Gasteiger partial charge in [0, 0.05) is 0 Å². The molecule has 9 nitrogen and oxygen atoms in total. The first-order chi connectivity index (χ1) is 12.8. The smallest absolute Gasteiger partial charge is 0.274 e. The predicted octanol–water partition coefficient (Wildman–Crippen LogP) is 2.00. The topological polar surface area (TPSA) is 108 Å². The summed E-state index contributed by atoms with van der Waals surface area (Å²) in [6.07, 6.45) is 0. The number of carbonyl (C=O) groups is 1. The fraction of sp³-hybridized carbons (Fsp3) is 0.389. The van der Waals surface area contributed by atoms with Crippen molar-refractivity contribution in [2.45, 2.75) is 39.8 Å². The van der Waals surface area contributed by atoms with Crippen molar-refractivity contribution in [3.05, 3.63) is 52.9 Å². The molecule has 0 saturated heterocycles. The van der Waals surface area contributed by atoms with Gasteiger partial charge in [0.2, 0.25) is 0 Å². The van der Waals surface area contributed by atoms with Crippen LogP contribution in [-0.2, 0) is 12.1 Å². The number of benzene rings is 1. The lowest BCUT2D eigenvalue weighted by atomic mass is 10.1. The maximum atomic E-state index is 12.7. The van der Waals surface area contributed by atoms with Gasteiger partial charge in [-0.2, -0.15) is 4.98 Å². The van der Waals surface area contributed by atoms with E-state index in [4.69, 9.17) is 9.26 Å². The van der Waals surface area contributed by atoms with Gasteiger partial charge < -0.3 is 14.6 Å². The molecule has 3 aromatic rings. The summed E-state index contributed by atoms with van der Waals surface area (Å²) in [6.45, 7) is 7.61. The molecule has 3 rings (SSSR count). The van der Waals surface area contributed by atoms with Gasteiger partial charge >= 0.3 is 0 Å². The number of ether oxygens (including phenoxy) is 1. The first-order valence-electron chi connectivity index (χ1n) is 8.46. The van der Waals surface area contributed by atoms with E-state index < -0.39 is 5.54 Å². The second-order valence-corrected chi connectivity index (χ2v) is 6.76. The van der Waals surface area contributed by atoms with Crippen LogP contribution >= 0.6 is 0 Å². The molecule has 0 unspecified atom stereocenters. The number of aromatic nitrogens is 5. The Morgan fingerprint density at radius 2 is 1.96 bits per heavy atom. The number of hydrogen-bond acceptors (Lipinski definition) is 7. The monoisotopic (exact) mass is 370 g/mol. The Morgan fingerprint density at radius 1 is 1.26 bits per heavy atom. The molecule has 2 heterocycles. The normalized spacial score (nSPS) is 11.4. The zero-order valence-electron chi connectivity index (χ0n) is 16.0. The summed E-state index contributed by atoms with van der Waals surface area (Å²) in [5.74, 6) is 1.27. The molecule has 0 radical (unpaired) electrons. The van der Waals surface area contributed by atoms with Crippen molar-refractivity contribution >= 4 is 5.91 Å². The second kappa shape index (κ2) is 7.18. The van der Waals surface area contributed by atoms with Gasteiger partial charge in [-0.05, 0) is 45.4 Å². The van der Waals surface area contributed by atoms with Crippen molar-refractivity contribution in [1.29, 1.82) is 0 Å². The number of methoxy groups -OCH3 is 1. The molecule has 9 heteroatoms. The summed E-state index contributed by atoms with van der Waals surface area (Å²) in [5, 5.41) is 14.8. The van der Waals surface area contributed by atoms with E-state index in [0.29, 0.717) is 24.0 Å². The van der Waals surface area contributed by atoms with Crippen LogP contribution in [0.15, 0.2) is 28.8 Å². The summed E-state index contributed by atoms with van der Waals surface area (Å²) < 4.78 is 12.0. The Kier molecular flexibility index (Phi) is 4.93. The van der Waals surface area contributed by atoms with Crippen molar-refractivity contribution in [3.63, 3.8) is 0 Å². The van der Waals surface area contributed by atoms with Gasteiger partial charge in [-0.15, -0.1) is 5.10 Å². The Bertz CT molecular complexity index is 942. The Morgan fingerprint density at radius 3 is 2.56 bits per heavy atom. The van der Waals surface area contributed by atoms with Gasteiger partial charge in [-0.1, -0.05) is 22.5 Å². The molecule has 0 aliphatic carbocycles. The van der Waals surface area contributed by atoms with Crippen LogP contribution in [0.2, 0.25) is 0 Å². The minimum Gasteiger partial charge on any atom is -0.497 e. The molecule has 2 aromatic heterocycles. The third-order valence-corrected chi connectivity index (χ3v) is 4.18. The molecule has 0 spiro atoms. The number of aryl methyl sites for hydroxylation is 1. The molecular weight excluding hydrogens is 348 g/mol. The van der Waals surface area contributed by atoms with E-state index in [9.17, 15) is 4.79 Å². The molecule has 0 aliphatic rings. The molecule has 1 N–H and O–H groups in total. The third-order valence-electron chi connectivity index (χ3n) is 4.18.